The van der Waals surface area contributed by atoms with E-state index in [4.69, 9.17) is 5.11 Å². The maximum atomic E-state index is 13.5. The third-order valence-electron chi connectivity index (χ3n) is 3.91. The van der Waals surface area contributed by atoms with Crippen LogP contribution in [0.15, 0.2) is 18.2 Å². The van der Waals surface area contributed by atoms with Gasteiger partial charge in [0.15, 0.2) is 5.78 Å². The van der Waals surface area contributed by atoms with Crippen LogP contribution in [0, 0.1) is 11.6 Å². The van der Waals surface area contributed by atoms with Crippen LogP contribution in [-0.4, -0.2) is 40.3 Å². The van der Waals surface area contributed by atoms with Crippen molar-refractivity contribution in [3.8, 4) is 0 Å². The van der Waals surface area contributed by atoms with E-state index in [9.17, 15) is 23.2 Å². The maximum absolute atomic E-state index is 13.5. The number of aliphatic carboxylic acids is 1. The van der Waals surface area contributed by atoms with Gasteiger partial charge in [-0.2, -0.15) is 0 Å². The van der Waals surface area contributed by atoms with Crippen molar-refractivity contribution in [2.45, 2.75) is 38.1 Å². The van der Waals surface area contributed by atoms with Crippen LogP contribution in [0.1, 0.15) is 42.5 Å². The van der Waals surface area contributed by atoms with Crippen molar-refractivity contribution in [1.82, 2.24) is 4.90 Å². The number of halogens is 2. The van der Waals surface area contributed by atoms with Crippen LogP contribution in [0.5, 0.6) is 0 Å². The van der Waals surface area contributed by atoms with E-state index in [-0.39, 0.29) is 18.4 Å². The number of hydrogen-bond acceptors (Lipinski definition) is 3. The number of carboxylic acid groups (broad SMARTS) is 1. The zero-order valence-corrected chi connectivity index (χ0v) is 12.4. The Morgan fingerprint density at radius 3 is 2.57 bits per heavy atom. The van der Waals surface area contributed by atoms with Gasteiger partial charge in [0.1, 0.15) is 17.7 Å². The molecule has 1 aliphatic rings. The largest absolute Gasteiger partial charge is 0.480 e. The standard InChI is InChI=1S/C16H17F2NO4/c17-10-4-5-11(12(18)9-10)14(20)6-7-15(21)19-8-2-1-3-13(19)16(22)23/h4-5,9,13H,1-3,6-8H2,(H,22,23). The summed E-state index contributed by atoms with van der Waals surface area (Å²) < 4.78 is 26.3. The van der Waals surface area contributed by atoms with Crippen LogP contribution in [0.25, 0.3) is 0 Å². The molecule has 0 radical (unpaired) electrons. The topological polar surface area (TPSA) is 74.7 Å². The molecule has 0 saturated carbocycles. The number of piperidine rings is 1. The number of likely N-dealkylation sites (tertiary alicyclic amines) is 1. The lowest BCUT2D eigenvalue weighted by Gasteiger charge is -2.33. The second kappa shape index (κ2) is 7.30. The molecule has 0 aliphatic carbocycles. The molecular weight excluding hydrogens is 308 g/mol. The van der Waals surface area contributed by atoms with Crippen LogP contribution >= 0.6 is 0 Å². The van der Waals surface area contributed by atoms with Crippen molar-refractivity contribution in [2.75, 3.05) is 6.54 Å². The maximum Gasteiger partial charge on any atom is 0.326 e. The van der Waals surface area contributed by atoms with Crippen molar-refractivity contribution in [3.05, 3.63) is 35.4 Å². The van der Waals surface area contributed by atoms with Gasteiger partial charge in [0.25, 0.3) is 0 Å². The Labute approximate surface area is 131 Å². The molecule has 5 nitrogen and oxygen atoms in total. The quantitative estimate of drug-likeness (QED) is 0.844. The summed E-state index contributed by atoms with van der Waals surface area (Å²) in [5.74, 6) is -3.86. The molecule has 0 spiro atoms. The third-order valence-corrected chi connectivity index (χ3v) is 3.91. The molecule has 23 heavy (non-hydrogen) atoms. The second-order valence-corrected chi connectivity index (χ2v) is 5.48. The molecule has 1 aromatic carbocycles. The Morgan fingerprint density at radius 2 is 1.91 bits per heavy atom. The van der Waals surface area contributed by atoms with Crippen molar-refractivity contribution < 1.29 is 28.3 Å². The number of benzene rings is 1. The molecule has 1 amide bonds. The van der Waals surface area contributed by atoms with Gasteiger partial charge in [0.2, 0.25) is 5.91 Å². The van der Waals surface area contributed by atoms with Crippen molar-refractivity contribution in [2.24, 2.45) is 0 Å². The number of carboxylic acids is 1. The molecule has 1 fully saturated rings. The highest BCUT2D eigenvalue weighted by Crippen LogP contribution is 2.19. The molecule has 1 aromatic rings. The van der Waals surface area contributed by atoms with Gasteiger partial charge < -0.3 is 10.0 Å². The predicted molar refractivity (Wildman–Crippen MR) is 76.9 cm³/mol. The summed E-state index contributed by atoms with van der Waals surface area (Å²) in [5, 5.41) is 9.13. The highest BCUT2D eigenvalue weighted by atomic mass is 19.1. The van der Waals surface area contributed by atoms with E-state index < -0.39 is 35.3 Å². The Bertz CT molecular complexity index is 633. The Balaban J connectivity index is 1.97. The van der Waals surface area contributed by atoms with Gasteiger partial charge in [-0.25, -0.2) is 13.6 Å². The molecule has 1 N–H and O–H groups in total. The van der Waals surface area contributed by atoms with Crippen molar-refractivity contribution in [1.29, 1.82) is 0 Å². The minimum atomic E-state index is -1.06. The average Bonchev–Trinajstić information content (AvgIpc) is 2.52. The Morgan fingerprint density at radius 1 is 1.17 bits per heavy atom. The molecule has 0 aromatic heterocycles. The van der Waals surface area contributed by atoms with Crippen LogP contribution in [-0.2, 0) is 9.59 Å². The summed E-state index contributed by atoms with van der Waals surface area (Å²) >= 11 is 0. The third kappa shape index (κ3) is 4.12. The SMILES string of the molecule is O=C(CCC(=O)N1CCCCC1C(=O)O)c1ccc(F)cc1F. The van der Waals surface area contributed by atoms with E-state index in [2.05, 4.69) is 0 Å². The zero-order chi connectivity index (χ0) is 17.0. The van der Waals surface area contributed by atoms with Crippen LogP contribution in [0.2, 0.25) is 0 Å². The Kier molecular flexibility index (Phi) is 5.41. The smallest absolute Gasteiger partial charge is 0.326 e. The number of hydrogen-bond donors (Lipinski definition) is 1. The number of amides is 1. The van der Waals surface area contributed by atoms with E-state index >= 15 is 0 Å². The first-order valence-corrected chi connectivity index (χ1v) is 7.40. The number of carbonyl (C=O) groups is 3. The Hall–Kier alpha value is -2.31. The fourth-order valence-corrected chi connectivity index (χ4v) is 2.70. The predicted octanol–water partition coefficient (Wildman–Crippen LogP) is 2.39. The lowest BCUT2D eigenvalue weighted by atomic mass is 10.0. The van der Waals surface area contributed by atoms with E-state index in [1.165, 1.54) is 4.90 Å². The van der Waals surface area contributed by atoms with E-state index in [1.54, 1.807) is 0 Å². The molecule has 124 valence electrons. The molecule has 7 heteroatoms. The van der Waals surface area contributed by atoms with Gasteiger partial charge in [0.05, 0.1) is 5.56 Å². The summed E-state index contributed by atoms with van der Waals surface area (Å²) in [6, 6.07) is 1.76. The molecule has 1 unspecified atom stereocenters. The van der Waals surface area contributed by atoms with E-state index in [0.29, 0.717) is 19.0 Å². The molecule has 1 aliphatic heterocycles. The lowest BCUT2D eigenvalue weighted by molar-refractivity contribution is -0.152. The van der Waals surface area contributed by atoms with Gasteiger partial charge in [-0.15, -0.1) is 0 Å². The minimum Gasteiger partial charge on any atom is -0.480 e. The van der Waals surface area contributed by atoms with Gasteiger partial charge in [-0.05, 0) is 31.4 Å². The van der Waals surface area contributed by atoms with Crippen LogP contribution < -0.4 is 0 Å². The first-order chi connectivity index (χ1) is 10.9. The molecule has 0 bridgehead atoms. The molecule has 1 atom stereocenters. The molecule has 1 heterocycles. The molecular formula is C16H17F2NO4. The fourth-order valence-electron chi connectivity index (χ4n) is 2.70. The highest BCUT2D eigenvalue weighted by molar-refractivity contribution is 5.98. The van der Waals surface area contributed by atoms with Gasteiger partial charge >= 0.3 is 5.97 Å². The van der Waals surface area contributed by atoms with Crippen molar-refractivity contribution >= 4 is 17.7 Å². The summed E-state index contributed by atoms with van der Waals surface area (Å²) in [5.41, 5.74) is -0.271. The number of rotatable bonds is 5. The van der Waals surface area contributed by atoms with Crippen molar-refractivity contribution in [3.63, 3.8) is 0 Å². The number of carbonyl (C=O) groups excluding carboxylic acids is 2. The summed E-state index contributed by atoms with van der Waals surface area (Å²) in [7, 11) is 0. The van der Waals surface area contributed by atoms with E-state index in [1.807, 2.05) is 0 Å². The number of nitrogens with zero attached hydrogens (tertiary/aromatic N) is 1. The fraction of sp³-hybridized carbons (Fsp3) is 0.438. The summed E-state index contributed by atoms with van der Waals surface area (Å²) in [6.07, 6.45) is 1.40. The highest BCUT2D eigenvalue weighted by Gasteiger charge is 2.31. The van der Waals surface area contributed by atoms with Gasteiger partial charge in [0, 0.05) is 25.5 Å². The molecule has 2 rings (SSSR count). The monoisotopic (exact) mass is 325 g/mol. The second-order valence-electron chi connectivity index (χ2n) is 5.48. The minimum absolute atomic E-state index is 0.195. The van der Waals surface area contributed by atoms with Crippen LogP contribution in [0.4, 0.5) is 8.78 Å². The number of ketones is 1. The number of Topliss-reactive ketones (excluding diaryl/α,β-unsaturated/α-hetero) is 1. The zero-order valence-electron chi connectivity index (χ0n) is 12.4. The van der Waals surface area contributed by atoms with Gasteiger partial charge in [-0.1, -0.05) is 0 Å². The van der Waals surface area contributed by atoms with Gasteiger partial charge in [-0.3, -0.25) is 9.59 Å². The first kappa shape index (κ1) is 17.1. The normalized spacial score (nSPS) is 17.8. The average molecular weight is 325 g/mol. The van der Waals surface area contributed by atoms with Crippen LogP contribution in [0.3, 0.4) is 0 Å². The summed E-state index contributed by atoms with van der Waals surface area (Å²) in [4.78, 5) is 36.5. The summed E-state index contributed by atoms with van der Waals surface area (Å²) in [6.45, 7) is 0.342. The van der Waals surface area contributed by atoms with E-state index in [0.717, 1.165) is 25.0 Å². The molecule has 1 saturated heterocycles. The first-order valence-electron chi connectivity index (χ1n) is 7.40. The lowest BCUT2D eigenvalue weighted by Crippen LogP contribution is -2.48.